The van der Waals surface area contributed by atoms with Gasteiger partial charge in [-0.05, 0) is 44.4 Å². The van der Waals surface area contributed by atoms with Gasteiger partial charge in [-0.1, -0.05) is 17.6 Å². The fraction of sp³-hybridized carbons (Fsp3) is 0.556. The molecule has 1 N–H and O–H groups in total. The van der Waals surface area contributed by atoms with E-state index >= 15 is 0 Å². The molecule has 1 atom stereocenters. The zero-order valence-corrected chi connectivity index (χ0v) is 14.6. The van der Waals surface area contributed by atoms with Crippen molar-refractivity contribution in [1.82, 2.24) is 25.3 Å². The highest BCUT2D eigenvalue weighted by molar-refractivity contribution is 5.81. The molecule has 7 heteroatoms. The smallest absolute Gasteiger partial charge is 0.237 e. The third kappa shape index (κ3) is 5.09. The van der Waals surface area contributed by atoms with Crippen LogP contribution in [-0.2, 0) is 17.8 Å². The van der Waals surface area contributed by atoms with Crippen molar-refractivity contribution in [2.24, 2.45) is 0 Å². The quantitative estimate of drug-likeness (QED) is 0.773. The summed E-state index contributed by atoms with van der Waals surface area (Å²) < 4.78 is 5.08. The van der Waals surface area contributed by atoms with Crippen molar-refractivity contribution in [1.29, 1.82) is 0 Å². The van der Waals surface area contributed by atoms with E-state index < -0.39 is 0 Å². The Hall–Kier alpha value is -2.28. The molecule has 0 aliphatic carbocycles. The van der Waals surface area contributed by atoms with Gasteiger partial charge in [0.1, 0.15) is 0 Å². The van der Waals surface area contributed by atoms with Crippen molar-refractivity contribution in [3.05, 3.63) is 41.8 Å². The summed E-state index contributed by atoms with van der Waals surface area (Å²) in [7, 11) is 0. The summed E-state index contributed by atoms with van der Waals surface area (Å²) in [5.74, 6) is 1.39. The zero-order chi connectivity index (χ0) is 17.5. The highest BCUT2D eigenvalue weighted by Crippen LogP contribution is 2.19. The predicted molar refractivity (Wildman–Crippen MR) is 92.7 cm³/mol. The third-order valence-electron chi connectivity index (χ3n) is 4.46. The average molecular weight is 343 g/mol. The van der Waals surface area contributed by atoms with Gasteiger partial charge < -0.3 is 9.84 Å². The molecule has 1 aliphatic rings. The largest absolute Gasteiger partial charge is 0.355 e. The number of hydrogen-bond acceptors (Lipinski definition) is 6. The van der Waals surface area contributed by atoms with Crippen LogP contribution in [0.25, 0.3) is 0 Å². The van der Waals surface area contributed by atoms with Gasteiger partial charge >= 0.3 is 0 Å². The molecule has 7 nitrogen and oxygen atoms in total. The van der Waals surface area contributed by atoms with E-state index in [4.69, 9.17) is 4.52 Å². The third-order valence-corrected chi connectivity index (χ3v) is 4.46. The number of piperidine rings is 1. The molecule has 0 unspecified atom stereocenters. The van der Waals surface area contributed by atoms with Crippen molar-refractivity contribution in [2.75, 3.05) is 13.1 Å². The maximum Gasteiger partial charge on any atom is 0.237 e. The van der Waals surface area contributed by atoms with Crippen LogP contribution in [0.5, 0.6) is 0 Å². The van der Waals surface area contributed by atoms with Gasteiger partial charge in [-0.25, -0.2) is 0 Å². The monoisotopic (exact) mass is 343 g/mol. The Morgan fingerprint density at radius 3 is 3.12 bits per heavy atom. The molecular weight excluding hydrogens is 318 g/mol. The van der Waals surface area contributed by atoms with E-state index in [2.05, 4.69) is 31.4 Å². The van der Waals surface area contributed by atoms with E-state index in [1.807, 2.05) is 12.3 Å². The Balaban J connectivity index is 1.47. The number of carbonyl (C=O) groups excluding carboxylic acids is 1. The van der Waals surface area contributed by atoms with Crippen LogP contribution in [0.3, 0.4) is 0 Å². The summed E-state index contributed by atoms with van der Waals surface area (Å²) in [4.78, 5) is 23.2. The van der Waals surface area contributed by atoms with E-state index in [0.717, 1.165) is 44.3 Å². The van der Waals surface area contributed by atoms with Crippen LogP contribution < -0.4 is 5.32 Å². The first-order chi connectivity index (χ1) is 12.2. The second-order valence-electron chi connectivity index (χ2n) is 6.47. The normalized spacial score (nSPS) is 18.2. The zero-order valence-electron chi connectivity index (χ0n) is 14.6. The first kappa shape index (κ1) is 17.5. The van der Waals surface area contributed by atoms with E-state index in [1.165, 1.54) is 0 Å². The van der Waals surface area contributed by atoms with Gasteiger partial charge in [-0.15, -0.1) is 0 Å². The Morgan fingerprint density at radius 1 is 1.44 bits per heavy atom. The van der Waals surface area contributed by atoms with Crippen molar-refractivity contribution in [3.8, 4) is 0 Å². The lowest BCUT2D eigenvalue weighted by molar-refractivity contribution is -0.127. The number of nitrogens with zero attached hydrogens (tertiary/aromatic N) is 4. The summed E-state index contributed by atoms with van der Waals surface area (Å²) in [6.45, 7) is 4.15. The van der Waals surface area contributed by atoms with Crippen LogP contribution in [-0.4, -0.2) is 45.1 Å². The van der Waals surface area contributed by atoms with Gasteiger partial charge in [-0.2, -0.15) is 4.98 Å². The van der Waals surface area contributed by atoms with Crippen molar-refractivity contribution in [3.63, 3.8) is 0 Å². The number of rotatable bonds is 7. The number of hydrogen-bond donors (Lipinski definition) is 1. The molecule has 0 saturated carbocycles. The van der Waals surface area contributed by atoms with Gasteiger partial charge in [0, 0.05) is 31.9 Å². The molecule has 3 heterocycles. The minimum atomic E-state index is -0.0559. The van der Waals surface area contributed by atoms with Crippen LogP contribution in [0.15, 0.2) is 29.0 Å². The number of aryl methyl sites for hydroxylation is 2. The number of nitrogens with one attached hydrogen (secondary N) is 1. The van der Waals surface area contributed by atoms with Crippen LogP contribution in [0.1, 0.15) is 43.0 Å². The molecule has 0 aromatic carbocycles. The molecule has 134 valence electrons. The highest BCUT2D eigenvalue weighted by atomic mass is 16.5. The summed E-state index contributed by atoms with van der Waals surface area (Å²) in [5, 5.41) is 6.83. The molecule has 1 fully saturated rings. The second-order valence-corrected chi connectivity index (χ2v) is 6.47. The van der Waals surface area contributed by atoms with E-state index in [-0.39, 0.29) is 11.9 Å². The van der Waals surface area contributed by atoms with Gasteiger partial charge in [-0.3, -0.25) is 14.7 Å². The van der Waals surface area contributed by atoms with Crippen molar-refractivity contribution < 1.29 is 9.32 Å². The van der Waals surface area contributed by atoms with Crippen molar-refractivity contribution in [2.45, 2.75) is 51.6 Å². The Morgan fingerprint density at radius 2 is 2.36 bits per heavy atom. The Kier molecular flexibility index (Phi) is 6.11. The van der Waals surface area contributed by atoms with Crippen molar-refractivity contribution >= 4 is 5.91 Å². The minimum absolute atomic E-state index is 0.0559. The van der Waals surface area contributed by atoms with Gasteiger partial charge in [0.15, 0.2) is 5.82 Å². The molecule has 0 bridgehead atoms. The molecule has 2 aromatic heterocycles. The average Bonchev–Trinajstić information content (AvgIpc) is 3.05. The second kappa shape index (κ2) is 8.71. The van der Waals surface area contributed by atoms with Crippen LogP contribution in [0, 0.1) is 6.92 Å². The topological polar surface area (TPSA) is 84.2 Å². The molecular formula is C18H25N5O2. The van der Waals surface area contributed by atoms with Crippen LogP contribution in [0.4, 0.5) is 0 Å². The molecule has 1 amide bonds. The minimum Gasteiger partial charge on any atom is -0.355 e. The maximum absolute atomic E-state index is 12.6. The van der Waals surface area contributed by atoms with Gasteiger partial charge in [0.05, 0.1) is 6.04 Å². The highest BCUT2D eigenvalue weighted by Gasteiger charge is 2.28. The standard InChI is InChI=1S/C18H25N5O2/c1-14-21-17(25-22-14)8-5-10-20-18(24)16-7-2-3-11-23(16)13-15-6-4-9-19-12-15/h4,6,9,12,16H,2-3,5,7-8,10-11,13H2,1H3,(H,20,24)/t16-/m0/s1. The van der Waals surface area contributed by atoms with E-state index in [1.54, 1.807) is 13.1 Å². The lowest BCUT2D eigenvalue weighted by Crippen LogP contribution is -2.49. The lowest BCUT2D eigenvalue weighted by Gasteiger charge is -2.34. The number of pyridine rings is 1. The van der Waals surface area contributed by atoms with E-state index in [0.29, 0.717) is 24.7 Å². The fourth-order valence-corrected chi connectivity index (χ4v) is 3.21. The number of aromatic nitrogens is 3. The molecule has 1 aliphatic heterocycles. The summed E-state index contributed by atoms with van der Waals surface area (Å²) in [5.41, 5.74) is 1.15. The number of carbonyl (C=O) groups is 1. The van der Waals surface area contributed by atoms with Gasteiger partial charge in [0.25, 0.3) is 0 Å². The molecule has 0 spiro atoms. The number of amides is 1. The van der Waals surface area contributed by atoms with Crippen LogP contribution >= 0.6 is 0 Å². The van der Waals surface area contributed by atoms with Crippen LogP contribution in [0.2, 0.25) is 0 Å². The number of likely N-dealkylation sites (tertiary alicyclic amines) is 1. The molecule has 25 heavy (non-hydrogen) atoms. The van der Waals surface area contributed by atoms with E-state index in [9.17, 15) is 4.79 Å². The SMILES string of the molecule is Cc1noc(CCCNC(=O)[C@@H]2CCCCN2Cc2cccnc2)n1. The first-order valence-electron chi connectivity index (χ1n) is 8.92. The van der Waals surface area contributed by atoms with Gasteiger partial charge in [0.2, 0.25) is 11.8 Å². The molecule has 1 saturated heterocycles. The fourth-order valence-electron chi connectivity index (χ4n) is 3.21. The molecule has 3 rings (SSSR count). The Labute approximate surface area is 147 Å². The summed E-state index contributed by atoms with van der Waals surface area (Å²) in [6.07, 6.45) is 8.27. The summed E-state index contributed by atoms with van der Waals surface area (Å²) in [6, 6.07) is 3.94. The first-order valence-corrected chi connectivity index (χ1v) is 8.92. The molecule has 2 aromatic rings. The lowest BCUT2D eigenvalue weighted by atomic mass is 10.0. The summed E-state index contributed by atoms with van der Waals surface area (Å²) >= 11 is 0. The Bertz CT molecular complexity index is 673. The maximum atomic E-state index is 12.6. The predicted octanol–water partition coefficient (Wildman–Crippen LogP) is 1.88. The molecule has 0 radical (unpaired) electrons.